The van der Waals surface area contributed by atoms with E-state index < -0.39 is 0 Å². The van der Waals surface area contributed by atoms with E-state index in [9.17, 15) is 0 Å². The molecule has 14 heavy (non-hydrogen) atoms. The van der Waals surface area contributed by atoms with E-state index in [4.69, 9.17) is 5.73 Å². The minimum Gasteiger partial charge on any atom is -0.403 e. The average molecular weight is 191 g/mol. The second-order valence-electron chi connectivity index (χ2n) is 3.00. The Balaban J connectivity index is 0.000000791. The van der Waals surface area contributed by atoms with Crippen molar-refractivity contribution in [1.29, 1.82) is 0 Å². The van der Waals surface area contributed by atoms with Crippen LogP contribution in [0.25, 0.3) is 0 Å². The van der Waals surface area contributed by atoms with E-state index in [1.165, 1.54) is 5.56 Å². The first-order valence-corrected chi connectivity index (χ1v) is 5.26. The Kier molecular flexibility index (Phi) is 7.62. The van der Waals surface area contributed by atoms with Gasteiger partial charge in [0.25, 0.3) is 0 Å². The molecule has 78 valence electrons. The Morgan fingerprint density at radius 3 is 2.29 bits per heavy atom. The van der Waals surface area contributed by atoms with Crippen LogP contribution < -0.4 is 5.73 Å². The molecule has 0 fully saturated rings. The van der Waals surface area contributed by atoms with Crippen molar-refractivity contribution in [2.45, 2.75) is 33.1 Å². The molecule has 0 unspecified atom stereocenters. The van der Waals surface area contributed by atoms with Crippen molar-refractivity contribution in [2.75, 3.05) is 0 Å². The summed E-state index contributed by atoms with van der Waals surface area (Å²) >= 11 is 0. The molecule has 1 aromatic rings. The van der Waals surface area contributed by atoms with Crippen molar-refractivity contribution in [1.82, 2.24) is 0 Å². The van der Waals surface area contributed by atoms with Crippen LogP contribution in [-0.4, -0.2) is 0 Å². The highest BCUT2D eigenvalue weighted by Crippen LogP contribution is 2.05. The summed E-state index contributed by atoms with van der Waals surface area (Å²) in [6.07, 6.45) is 3.12. The Labute approximate surface area is 87.6 Å². The third-order valence-electron chi connectivity index (χ3n) is 1.81. The van der Waals surface area contributed by atoms with Gasteiger partial charge in [0.1, 0.15) is 0 Å². The van der Waals surface area contributed by atoms with Gasteiger partial charge in [0, 0.05) is 5.70 Å². The number of aryl methyl sites for hydroxylation is 1. The van der Waals surface area contributed by atoms with Crippen LogP contribution in [0.2, 0.25) is 0 Å². The summed E-state index contributed by atoms with van der Waals surface area (Å²) in [4.78, 5) is 0. The first-order chi connectivity index (χ1) is 6.79. The quantitative estimate of drug-likeness (QED) is 0.774. The van der Waals surface area contributed by atoms with Crippen molar-refractivity contribution in [3.63, 3.8) is 0 Å². The third-order valence-corrected chi connectivity index (χ3v) is 1.81. The third kappa shape index (κ3) is 6.30. The fraction of sp³-hybridized carbons (Fsp3) is 0.385. The van der Waals surface area contributed by atoms with Gasteiger partial charge in [-0.15, -0.1) is 0 Å². The van der Waals surface area contributed by atoms with Gasteiger partial charge < -0.3 is 5.73 Å². The van der Waals surface area contributed by atoms with E-state index in [1.54, 1.807) is 0 Å². The van der Waals surface area contributed by atoms with Crippen molar-refractivity contribution in [3.8, 4) is 0 Å². The summed E-state index contributed by atoms with van der Waals surface area (Å²) in [5.41, 5.74) is 7.62. The molecule has 0 saturated heterocycles. The monoisotopic (exact) mass is 191 g/mol. The lowest BCUT2D eigenvalue weighted by Gasteiger charge is -2.00. The lowest BCUT2D eigenvalue weighted by Crippen LogP contribution is -1.95. The highest BCUT2D eigenvalue weighted by molar-refractivity contribution is 5.14. The van der Waals surface area contributed by atoms with E-state index in [-0.39, 0.29) is 0 Å². The van der Waals surface area contributed by atoms with Gasteiger partial charge >= 0.3 is 0 Å². The zero-order valence-electron chi connectivity index (χ0n) is 9.29. The molecule has 0 aliphatic heterocycles. The summed E-state index contributed by atoms with van der Waals surface area (Å²) in [5.74, 6) is 0. The van der Waals surface area contributed by atoms with Crippen LogP contribution >= 0.6 is 0 Å². The highest BCUT2D eigenvalue weighted by Gasteiger charge is 1.91. The Bertz CT molecular complexity index is 239. The predicted molar refractivity (Wildman–Crippen MR) is 64.1 cm³/mol. The zero-order chi connectivity index (χ0) is 10.8. The standard InChI is InChI=1S/C11H15N.C2H6/c1-10(12)6-5-9-11-7-3-2-4-8-11;1-2/h2-4,7-8H,1,5-6,9,12H2;1-2H3. The van der Waals surface area contributed by atoms with Gasteiger partial charge in [0.2, 0.25) is 0 Å². The normalized spacial score (nSPS) is 8.71. The van der Waals surface area contributed by atoms with Gasteiger partial charge in [-0.05, 0) is 24.8 Å². The minimum atomic E-state index is 0.783. The molecule has 1 rings (SSSR count). The van der Waals surface area contributed by atoms with E-state index >= 15 is 0 Å². The van der Waals surface area contributed by atoms with Crippen LogP contribution in [0.3, 0.4) is 0 Å². The van der Waals surface area contributed by atoms with Gasteiger partial charge in [-0.1, -0.05) is 50.8 Å². The average Bonchev–Trinajstić information content (AvgIpc) is 2.22. The van der Waals surface area contributed by atoms with E-state index in [0.29, 0.717) is 0 Å². The molecule has 0 heterocycles. The van der Waals surface area contributed by atoms with Crippen LogP contribution in [-0.2, 0) is 6.42 Å². The minimum absolute atomic E-state index is 0.783. The molecule has 0 aliphatic carbocycles. The molecular formula is C13H21N. The van der Waals surface area contributed by atoms with Crippen molar-refractivity contribution >= 4 is 0 Å². The largest absolute Gasteiger partial charge is 0.403 e. The summed E-state index contributed by atoms with van der Waals surface area (Å²) in [6, 6.07) is 10.4. The van der Waals surface area contributed by atoms with Crippen LogP contribution in [0.4, 0.5) is 0 Å². The molecule has 0 radical (unpaired) electrons. The highest BCUT2D eigenvalue weighted by atomic mass is 14.5. The SMILES string of the molecule is C=C(N)CCCc1ccccc1.CC. The van der Waals surface area contributed by atoms with Crippen molar-refractivity contribution < 1.29 is 0 Å². The van der Waals surface area contributed by atoms with Gasteiger partial charge in [-0.3, -0.25) is 0 Å². The van der Waals surface area contributed by atoms with Gasteiger partial charge in [0.15, 0.2) is 0 Å². The van der Waals surface area contributed by atoms with E-state index in [2.05, 4.69) is 30.8 Å². The summed E-state index contributed by atoms with van der Waals surface area (Å²) in [5, 5.41) is 0. The summed E-state index contributed by atoms with van der Waals surface area (Å²) in [6.45, 7) is 7.66. The number of nitrogens with two attached hydrogens (primary N) is 1. The number of rotatable bonds is 4. The van der Waals surface area contributed by atoms with Gasteiger partial charge in [0.05, 0.1) is 0 Å². The Morgan fingerprint density at radius 2 is 1.79 bits per heavy atom. The predicted octanol–water partition coefficient (Wildman–Crippen LogP) is 3.51. The van der Waals surface area contributed by atoms with Gasteiger partial charge in [-0.25, -0.2) is 0 Å². The maximum absolute atomic E-state index is 5.46. The number of benzene rings is 1. The molecule has 2 N–H and O–H groups in total. The number of hydrogen-bond acceptors (Lipinski definition) is 1. The molecule has 0 amide bonds. The molecule has 0 aromatic heterocycles. The fourth-order valence-electron chi connectivity index (χ4n) is 1.16. The molecule has 1 nitrogen and oxygen atoms in total. The molecule has 1 aromatic carbocycles. The lowest BCUT2D eigenvalue weighted by molar-refractivity contribution is 0.807. The van der Waals surface area contributed by atoms with Crippen molar-refractivity contribution in [3.05, 3.63) is 48.2 Å². The molecule has 0 bridgehead atoms. The van der Waals surface area contributed by atoms with Crippen LogP contribution in [0.15, 0.2) is 42.6 Å². The second-order valence-corrected chi connectivity index (χ2v) is 3.00. The summed E-state index contributed by atoms with van der Waals surface area (Å²) in [7, 11) is 0. The Morgan fingerprint density at radius 1 is 1.21 bits per heavy atom. The fourth-order valence-corrected chi connectivity index (χ4v) is 1.16. The first-order valence-electron chi connectivity index (χ1n) is 5.26. The van der Waals surface area contributed by atoms with E-state index in [1.807, 2.05) is 19.9 Å². The van der Waals surface area contributed by atoms with Crippen molar-refractivity contribution in [2.24, 2.45) is 5.73 Å². The van der Waals surface area contributed by atoms with Gasteiger partial charge in [-0.2, -0.15) is 0 Å². The van der Waals surface area contributed by atoms with E-state index in [0.717, 1.165) is 25.0 Å². The van der Waals surface area contributed by atoms with Crippen LogP contribution in [0, 0.1) is 0 Å². The Hall–Kier alpha value is -1.24. The number of hydrogen-bond donors (Lipinski definition) is 1. The molecular weight excluding hydrogens is 170 g/mol. The smallest absolute Gasteiger partial charge is 0.000755 e. The molecule has 0 aliphatic rings. The maximum Gasteiger partial charge on any atom is 0.000755 e. The lowest BCUT2D eigenvalue weighted by atomic mass is 10.1. The molecule has 0 spiro atoms. The number of allylic oxidation sites excluding steroid dienone is 1. The van der Waals surface area contributed by atoms with Crippen LogP contribution in [0.1, 0.15) is 32.3 Å². The molecule has 0 atom stereocenters. The molecule has 0 saturated carbocycles. The first kappa shape index (κ1) is 12.8. The molecule has 1 heteroatoms. The summed E-state index contributed by atoms with van der Waals surface area (Å²) < 4.78 is 0. The zero-order valence-corrected chi connectivity index (χ0v) is 9.29. The van der Waals surface area contributed by atoms with Crippen LogP contribution in [0.5, 0.6) is 0 Å². The second kappa shape index (κ2) is 8.36. The topological polar surface area (TPSA) is 26.0 Å². The maximum atomic E-state index is 5.46.